The van der Waals surface area contributed by atoms with E-state index in [4.69, 9.17) is 0 Å². The third kappa shape index (κ3) is 7.88. The van der Waals surface area contributed by atoms with Crippen LogP contribution in [-0.2, 0) is 32.0 Å². The van der Waals surface area contributed by atoms with Crippen molar-refractivity contribution in [2.75, 3.05) is 0 Å². The van der Waals surface area contributed by atoms with E-state index in [1.54, 1.807) is 6.92 Å². The number of fused-ring (bicyclic) bond motifs is 1. The van der Waals surface area contributed by atoms with Crippen LogP contribution in [-0.4, -0.2) is 34.6 Å². The van der Waals surface area contributed by atoms with Crippen molar-refractivity contribution in [2.45, 2.75) is 51.5 Å². The first kappa shape index (κ1) is 25.8. The van der Waals surface area contributed by atoms with E-state index in [2.05, 4.69) is 5.32 Å². The molecule has 182 valence electrons. The Labute approximate surface area is 205 Å². The van der Waals surface area contributed by atoms with Crippen molar-refractivity contribution in [3.8, 4) is 0 Å². The SMILES string of the molecule is C[C@H](NC(=O)[C@H](CC(=O)O)CC(=O)CCc1ccccc1)C(=O)CCc1cccc2ccccc12. The second-order valence-corrected chi connectivity index (χ2v) is 8.86. The van der Waals surface area contributed by atoms with Gasteiger partial charge in [-0.25, -0.2) is 0 Å². The van der Waals surface area contributed by atoms with Crippen LogP contribution in [0.25, 0.3) is 10.8 Å². The van der Waals surface area contributed by atoms with Crippen LogP contribution in [0.15, 0.2) is 72.8 Å². The van der Waals surface area contributed by atoms with Crippen molar-refractivity contribution in [1.29, 1.82) is 0 Å². The number of benzene rings is 3. The predicted octanol–water partition coefficient (Wildman–Crippen LogP) is 4.53. The number of amides is 1. The largest absolute Gasteiger partial charge is 0.481 e. The fourth-order valence-electron chi connectivity index (χ4n) is 4.17. The Morgan fingerprint density at radius 3 is 2.23 bits per heavy atom. The molecule has 3 aromatic rings. The van der Waals surface area contributed by atoms with Gasteiger partial charge in [-0.05, 0) is 41.7 Å². The monoisotopic (exact) mass is 473 g/mol. The average molecular weight is 474 g/mol. The summed E-state index contributed by atoms with van der Waals surface area (Å²) < 4.78 is 0. The van der Waals surface area contributed by atoms with Gasteiger partial charge in [-0.2, -0.15) is 0 Å². The third-order valence-corrected chi connectivity index (χ3v) is 6.16. The van der Waals surface area contributed by atoms with Gasteiger partial charge in [-0.15, -0.1) is 0 Å². The zero-order valence-electron chi connectivity index (χ0n) is 19.9. The number of aryl methyl sites for hydroxylation is 2. The number of aliphatic carboxylic acids is 1. The van der Waals surface area contributed by atoms with E-state index in [9.17, 15) is 24.3 Å². The van der Waals surface area contributed by atoms with E-state index in [1.165, 1.54) is 0 Å². The molecule has 0 saturated heterocycles. The molecule has 0 aliphatic carbocycles. The molecule has 0 radical (unpaired) electrons. The number of hydrogen-bond acceptors (Lipinski definition) is 4. The fraction of sp³-hybridized carbons (Fsp3) is 0.310. The summed E-state index contributed by atoms with van der Waals surface area (Å²) in [5.41, 5.74) is 2.06. The zero-order valence-corrected chi connectivity index (χ0v) is 19.9. The number of rotatable bonds is 13. The van der Waals surface area contributed by atoms with Crippen molar-refractivity contribution in [3.63, 3.8) is 0 Å². The quantitative estimate of drug-likeness (QED) is 0.380. The minimum atomic E-state index is -1.16. The maximum absolute atomic E-state index is 12.8. The number of Topliss-reactive ketones (excluding diaryl/α,β-unsaturated/α-hetero) is 2. The summed E-state index contributed by atoms with van der Waals surface area (Å²) in [6.07, 6.45) is 0.921. The van der Waals surface area contributed by atoms with Crippen molar-refractivity contribution in [1.82, 2.24) is 5.32 Å². The highest BCUT2D eigenvalue weighted by atomic mass is 16.4. The fourth-order valence-corrected chi connectivity index (χ4v) is 4.17. The highest BCUT2D eigenvalue weighted by Crippen LogP contribution is 2.20. The molecule has 35 heavy (non-hydrogen) atoms. The molecule has 3 rings (SSSR count). The first-order chi connectivity index (χ1) is 16.8. The van der Waals surface area contributed by atoms with Crippen LogP contribution in [0.4, 0.5) is 0 Å². The van der Waals surface area contributed by atoms with Gasteiger partial charge in [-0.3, -0.25) is 19.2 Å². The molecule has 2 N–H and O–H groups in total. The van der Waals surface area contributed by atoms with Crippen LogP contribution in [0, 0.1) is 5.92 Å². The van der Waals surface area contributed by atoms with Crippen molar-refractivity contribution >= 4 is 34.2 Å². The van der Waals surface area contributed by atoms with Gasteiger partial charge in [0.05, 0.1) is 18.4 Å². The van der Waals surface area contributed by atoms with E-state index in [1.807, 2.05) is 72.8 Å². The predicted molar refractivity (Wildman–Crippen MR) is 135 cm³/mol. The number of ketones is 2. The molecule has 0 aliphatic heterocycles. The maximum atomic E-state index is 12.8. The van der Waals surface area contributed by atoms with Crippen molar-refractivity contribution in [3.05, 3.63) is 83.9 Å². The molecule has 3 aromatic carbocycles. The average Bonchev–Trinajstić information content (AvgIpc) is 2.85. The summed E-state index contributed by atoms with van der Waals surface area (Å²) in [6, 6.07) is 22.7. The maximum Gasteiger partial charge on any atom is 0.304 e. The minimum absolute atomic E-state index is 0.143. The molecule has 0 heterocycles. The number of carboxylic acid groups (broad SMARTS) is 1. The second kappa shape index (κ2) is 12.6. The van der Waals surface area contributed by atoms with Crippen molar-refractivity contribution in [2.24, 2.45) is 5.92 Å². The number of nitrogens with one attached hydrogen (secondary N) is 1. The molecule has 2 atom stereocenters. The molecular weight excluding hydrogens is 442 g/mol. The van der Waals surface area contributed by atoms with Gasteiger partial charge in [-0.1, -0.05) is 72.8 Å². The molecule has 0 spiro atoms. The summed E-state index contributed by atoms with van der Waals surface area (Å²) in [7, 11) is 0. The Morgan fingerprint density at radius 2 is 1.49 bits per heavy atom. The zero-order chi connectivity index (χ0) is 25.2. The summed E-state index contributed by atoms with van der Waals surface area (Å²) >= 11 is 0. The second-order valence-electron chi connectivity index (χ2n) is 8.86. The number of carbonyl (C=O) groups is 4. The van der Waals surface area contributed by atoms with Crippen LogP contribution in [0.1, 0.15) is 43.7 Å². The van der Waals surface area contributed by atoms with Crippen LogP contribution in [0.2, 0.25) is 0 Å². The lowest BCUT2D eigenvalue weighted by Crippen LogP contribution is -2.43. The lowest BCUT2D eigenvalue weighted by molar-refractivity contribution is -0.142. The molecule has 6 nitrogen and oxygen atoms in total. The third-order valence-electron chi connectivity index (χ3n) is 6.16. The van der Waals surface area contributed by atoms with Gasteiger partial charge in [0.25, 0.3) is 0 Å². The van der Waals surface area contributed by atoms with Crippen molar-refractivity contribution < 1.29 is 24.3 Å². The first-order valence-corrected chi connectivity index (χ1v) is 11.9. The van der Waals surface area contributed by atoms with Crippen LogP contribution < -0.4 is 5.32 Å². The van der Waals surface area contributed by atoms with Gasteiger partial charge in [0.15, 0.2) is 5.78 Å². The summed E-state index contributed by atoms with van der Waals surface area (Å²) in [5, 5.41) is 14.1. The van der Waals surface area contributed by atoms with Gasteiger partial charge < -0.3 is 10.4 Å². The molecule has 0 bridgehead atoms. The summed E-state index contributed by atoms with van der Waals surface area (Å²) in [6.45, 7) is 1.60. The van der Waals surface area contributed by atoms with Gasteiger partial charge in [0.2, 0.25) is 5.91 Å². The molecular formula is C29H31NO5. The molecule has 0 fully saturated rings. The standard InChI is InChI=1S/C29H31NO5/c1-20(27(32)17-15-23-12-7-11-22-10-5-6-13-26(22)23)30-29(35)24(19-28(33)34)18-25(31)16-14-21-8-3-2-4-9-21/h2-13,20,24H,14-19H2,1H3,(H,30,35)(H,33,34)/t20-,24-/m0/s1. The van der Waals surface area contributed by atoms with E-state index < -0.39 is 30.3 Å². The van der Waals surface area contributed by atoms with Crippen LogP contribution in [0.3, 0.4) is 0 Å². The topological polar surface area (TPSA) is 101 Å². The van der Waals surface area contributed by atoms with Gasteiger partial charge in [0.1, 0.15) is 5.78 Å². The Balaban J connectivity index is 1.54. The van der Waals surface area contributed by atoms with Gasteiger partial charge in [0, 0.05) is 19.3 Å². The van der Waals surface area contributed by atoms with Crippen LogP contribution >= 0.6 is 0 Å². The van der Waals surface area contributed by atoms with Gasteiger partial charge >= 0.3 is 5.97 Å². The van der Waals surface area contributed by atoms with E-state index >= 15 is 0 Å². The Morgan fingerprint density at radius 1 is 0.800 bits per heavy atom. The molecule has 0 aromatic heterocycles. The minimum Gasteiger partial charge on any atom is -0.481 e. The number of carbonyl (C=O) groups excluding carboxylic acids is 3. The molecule has 0 saturated carbocycles. The van der Waals surface area contributed by atoms with E-state index in [-0.39, 0.29) is 30.8 Å². The van der Waals surface area contributed by atoms with E-state index in [0.29, 0.717) is 12.8 Å². The van der Waals surface area contributed by atoms with E-state index in [0.717, 1.165) is 21.9 Å². The highest BCUT2D eigenvalue weighted by Gasteiger charge is 2.27. The smallest absolute Gasteiger partial charge is 0.304 e. The lowest BCUT2D eigenvalue weighted by Gasteiger charge is -2.18. The Kier molecular flexibility index (Phi) is 9.30. The summed E-state index contributed by atoms with van der Waals surface area (Å²) in [5.74, 6) is -3.06. The molecule has 0 unspecified atom stereocenters. The Bertz CT molecular complexity index is 1180. The molecule has 0 aliphatic rings. The first-order valence-electron chi connectivity index (χ1n) is 11.9. The number of carboxylic acids is 1. The highest BCUT2D eigenvalue weighted by molar-refractivity contribution is 5.93. The lowest BCUT2D eigenvalue weighted by atomic mass is 9.94. The summed E-state index contributed by atoms with van der Waals surface area (Å²) in [4.78, 5) is 49.3. The van der Waals surface area contributed by atoms with Crippen LogP contribution in [0.5, 0.6) is 0 Å². The number of hydrogen-bond donors (Lipinski definition) is 2. The normalized spacial score (nSPS) is 12.6. The molecule has 1 amide bonds. The Hall–Kier alpha value is -3.80. The molecule has 6 heteroatoms.